The standard InChI is InChI=1S/C13H14FNS/c1-9-7-8-16-12(9)13(2,15)10-5-3-4-6-11(10)14/h3-8H,15H2,1-2H3. The van der Waals surface area contributed by atoms with E-state index < -0.39 is 5.54 Å². The van der Waals surface area contributed by atoms with E-state index in [0.717, 1.165) is 10.4 Å². The molecule has 1 aromatic heterocycles. The van der Waals surface area contributed by atoms with Crippen LogP contribution in [-0.2, 0) is 5.54 Å². The number of hydrogen-bond acceptors (Lipinski definition) is 2. The molecule has 2 aromatic rings. The zero-order chi connectivity index (χ0) is 11.8. The Kier molecular flexibility index (Phi) is 2.82. The van der Waals surface area contributed by atoms with E-state index in [2.05, 4.69) is 0 Å². The summed E-state index contributed by atoms with van der Waals surface area (Å²) in [6, 6.07) is 8.69. The summed E-state index contributed by atoms with van der Waals surface area (Å²) in [5.41, 5.74) is 7.17. The topological polar surface area (TPSA) is 26.0 Å². The van der Waals surface area contributed by atoms with Crippen LogP contribution in [0.5, 0.6) is 0 Å². The molecular formula is C13H14FNS. The van der Waals surface area contributed by atoms with Crippen molar-refractivity contribution in [3.8, 4) is 0 Å². The van der Waals surface area contributed by atoms with E-state index in [9.17, 15) is 4.39 Å². The molecule has 0 saturated carbocycles. The van der Waals surface area contributed by atoms with E-state index in [0.29, 0.717) is 5.56 Å². The normalized spacial score (nSPS) is 14.8. The predicted octanol–water partition coefficient (Wildman–Crippen LogP) is 3.42. The first-order valence-corrected chi connectivity index (χ1v) is 6.00. The lowest BCUT2D eigenvalue weighted by Gasteiger charge is -2.25. The maximum Gasteiger partial charge on any atom is 0.128 e. The van der Waals surface area contributed by atoms with Crippen molar-refractivity contribution in [2.75, 3.05) is 0 Å². The summed E-state index contributed by atoms with van der Waals surface area (Å²) in [5, 5.41) is 1.98. The zero-order valence-corrected chi connectivity index (χ0v) is 10.1. The lowest BCUT2D eigenvalue weighted by atomic mass is 9.89. The van der Waals surface area contributed by atoms with Crippen LogP contribution in [0.15, 0.2) is 35.7 Å². The van der Waals surface area contributed by atoms with Gasteiger partial charge in [-0.25, -0.2) is 4.39 Å². The molecule has 0 spiro atoms. The molecule has 0 aliphatic heterocycles. The molecule has 1 aromatic carbocycles. The Morgan fingerprint density at radius 1 is 1.25 bits per heavy atom. The smallest absolute Gasteiger partial charge is 0.128 e. The third-order valence-electron chi connectivity index (χ3n) is 2.77. The quantitative estimate of drug-likeness (QED) is 0.848. The van der Waals surface area contributed by atoms with Crippen LogP contribution < -0.4 is 5.73 Å². The molecule has 1 unspecified atom stereocenters. The Bertz CT molecular complexity index is 502. The average Bonchev–Trinajstić information content (AvgIpc) is 2.65. The molecule has 16 heavy (non-hydrogen) atoms. The fourth-order valence-electron chi connectivity index (χ4n) is 1.91. The van der Waals surface area contributed by atoms with Gasteiger partial charge in [0.2, 0.25) is 0 Å². The summed E-state index contributed by atoms with van der Waals surface area (Å²) < 4.78 is 13.7. The van der Waals surface area contributed by atoms with Gasteiger partial charge < -0.3 is 5.73 Å². The summed E-state index contributed by atoms with van der Waals surface area (Å²) in [6.07, 6.45) is 0. The fourth-order valence-corrected chi connectivity index (χ4v) is 2.93. The first-order chi connectivity index (χ1) is 7.53. The molecule has 0 bridgehead atoms. The second-order valence-corrected chi connectivity index (χ2v) is 5.03. The highest BCUT2D eigenvalue weighted by Gasteiger charge is 2.29. The number of hydrogen-bond donors (Lipinski definition) is 1. The molecule has 3 heteroatoms. The van der Waals surface area contributed by atoms with Gasteiger partial charge in [-0.3, -0.25) is 0 Å². The summed E-state index contributed by atoms with van der Waals surface area (Å²) in [6.45, 7) is 3.85. The van der Waals surface area contributed by atoms with Crippen molar-refractivity contribution in [1.82, 2.24) is 0 Å². The number of thiophene rings is 1. The number of benzene rings is 1. The van der Waals surface area contributed by atoms with E-state index in [-0.39, 0.29) is 5.82 Å². The van der Waals surface area contributed by atoms with Gasteiger partial charge in [-0.1, -0.05) is 18.2 Å². The molecule has 0 amide bonds. The van der Waals surface area contributed by atoms with Crippen LogP contribution in [0.4, 0.5) is 4.39 Å². The number of rotatable bonds is 2. The van der Waals surface area contributed by atoms with Gasteiger partial charge >= 0.3 is 0 Å². The maximum atomic E-state index is 13.7. The second kappa shape index (κ2) is 4.00. The van der Waals surface area contributed by atoms with E-state index in [4.69, 9.17) is 5.73 Å². The predicted molar refractivity (Wildman–Crippen MR) is 66.1 cm³/mol. The third-order valence-corrected chi connectivity index (χ3v) is 4.02. The van der Waals surface area contributed by atoms with Crippen LogP contribution >= 0.6 is 11.3 Å². The van der Waals surface area contributed by atoms with Crippen molar-refractivity contribution in [3.05, 3.63) is 57.5 Å². The molecule has 1 atom stereocenters. The highest BCUT2D eigenvalue weighted by atomic mass is 32.1. The van der Waals surface area contributed by atoms with Crippen molar-refractivity contribution in [2.24, 2.45) is 5.73 Å². The summed E-state index contributed by atoms with van der Waals surface area (Å²) in [7, 11) is 0. The molecule has 0 aliphatic carbocycles. The van der Waals surface area contributed by atoms with E-state index in [1.54, 1.807) is 23.5 Å². The van der Waals surface area contributed by atoms with E-state index in [1.165, 1.54) is 6.07 Å². The Balaban J connectivity index is 2.55. The van der Waals surface area contributed by atoms with Gasteiger partial charge in [-0.15, -0.1) is 11.3 Å². The van der Waals surface area contributed by atoms with Crippen LogP contribution in [0, 0.1) is 12.7 Å². The summed E-state index contributed by atoms with van der Waals surface area (Å²) in [5.74, 6) is -0.250. The zero-order valence-electron chi connectivity index (χ0n) is 9.33. The lowest BCUT2D eigenvalue weighted by molar-refractivity contribution is 0.536. The van der Waals surface area contributed by atoms with Crippen LogP contribution in [0.25, 0.3) is 0 Å². The van der Waals surface area contributed by atoms with E-state index in [1.807, 2.05) is 31.4 Å². The Morgan fingerprint density at radius 2 is 1.94 bits per heavy atom. The summed E-state index contributed by atoms with van der Waals surface area (Å²) >= 11 is 1.57. The maximum absolute atomic E-state index is 13.7. The SMILES string of the molecule is Cc1ccsc1C(C)(N)c1ccccc1F. The highest BCUT2D eigenvalue weighted by molar-refractivity contribution is 7.10. The van der Waals surface area contributed by atoms with Gasteiger partial charge in [-0.05, 0) is 36.9 Å². The van der Waals surface area contributed by atoms with Crippen LogP contribution in [-0.4, -0.2) is 0 Å². The number of nitrogens with two attached hydrogens (primary N) is 1. The molecule has 2 rings (SSSR count). The minimum Gasteiger partial charge on any atom is -0.317 e. The largest absolute Gasteiger partial charge is 0.317 e. The van der Waals surface area contributed by atoms with E-state index >= 15 is 0 Å². The molecule has 0 radical (unpaired) electrons. The molecule has 0 saturated heterocycles. The average molecular weight is 235 g/mol. The molecule has 2 N–H and O–H groups in total. The molecule has 0 fully saturated rings. The molecule has 0 aliphatic rings. The molecular weight excluding hydrogens is 221 g/mol. The van der Waals surface area contributed by atoms with Gasteiger partial charge in [-0.2, -0.15) is 0 Å². The van der Waals surface area contributed by atoms with Gasteiger partial charge in [0.15, 0.2) is 0 Å². The Hall–Kier alpha value is -1.19. The highest BCUT2D eigenvalue weighted by Crippen LogP contribution is 2.33. The van der Waals surface area contributed by atoms with Gasteiger partial charge in [0, 0.05) is 10.4 Å². The first-order valence-electron chi connectivity index (χ1n) is 5.12. The van der Waals surface area contributed by atoms with Crippen LogP contribution in [0.1, 0.15) is 22.9 Å². The van der Waals surface area contributed by atoms with Crippen molar-refractivity contribution in [2.45, 2.75) is 19.4 Å². The van der Waals surface area contributed by atoms with Crippen molar-refractivity contribution < 1.29 is 4.39 Å². The Labute approximate surface area is 98.7 Å². The monoisotopic (exact) mass is 235 g/mol. The van der Waals surface area contributed by atoms with Gasteiger partial charge in [0.1, 0.15) is 5.82 Å². The Morgan fingerprint density at radius 3 is 2.50 bits per heavy atom. The minimum atomic E-state index is -0.760. The van der Waals surface area contributed by atoms with Crippen LogP contribution in [0.2, 0.25) is 0 Å². The lowest BCUT2D eigenvalue weighted by Crippen LogP contribution is -2.35. The van der Waals surface area contributed by atoms with Gasteiger partial charge in [0.05, 0.1) is 5.54 Å². The van der Waals surface area contributed by atoms with Crippen molar-refractivity contribution >= 4 is 11.3 Å². The molecule has 84 valence electrons. The summed E-state index contributed by atoms with van der Waals surface area (Å²) in [4.78, 5) is 1.01. The van der Waals surface area contributed by atoms with Gasteiger partial charge in [0.25, 0.3) is 0 Å². The minimum absolute atomic E-state index is 0.250. The van der Waals surface area contributed by atoms with Crippen LogP contribution in [0.3, 0.4) is 0 Å². The third kappa shape index (κ3) is 1.77. The van der Waals surface area contributed by atoms with Crippen molar-refractivity contribution in [1.29, 1.82) is 0 Å². The second-order valence-electron chi connectivity index (χ2n) is 4.11. The number of halogens is 1. The molecule has 1 heterocycles. The number of aryl methyl sites for hydroxylation is 1. The first kappa shape index (κ1) is 11.3. The molecule has 1 nitrogen and oxygen atoms in total. The van der Waals surface area contributed by atoms with Crippen molar-refractivity contribution in [3.63, 3.8) is 0 Å². The fraction of sp³-hybridized carbons (Fsp3) is 0.231.